The van der Waals surface area contributed by atoms with E-state index in [0.717, 1.165) is 6.07 Å². The minimum atomic E-state index is -0.624. The van der Waals surface area contributed by atoms with Crippen LogP contribution in [-0.4, -0.2) is 24.2 Å². The Bertz CT molecular complexity index is 609. The van der Waals surface area contributed by atoms with Gasteiger partial charge >= 0.3 is 5.69 Å². The standard InChI is InChI=1S/C8H7ClN4O4/c1-11(2)8-6-5(13(16)17-10-6)3-4(9)7(8)12(14)15/h3H,1-2H3. The van der Waals surface area contributed by atoms with E-state index in [1.807, 2.05) is 0 Å². The molecule has 1 heterocycles. The van der Waals surface area contributed by atoms with Gasteiger partial charge in [-0.15, -0.1) is 0 Å². The highest BCUT2D eigenvalue weighted by Gasteiger charge is 2.30. The molecule has 0 aliphatic carbocycles. The maximum Gasteiger partial charge on any atom is 0.315 e. The Hall–Kier alpha value is -2.09. The lowest BCUT2D eigenvalue weighted by molar-refractivity contribution is -0.782. The Morgan fingerprint density at radius 3 is 2.76 bits per heavy atom. The second-order valence-electron chi connectivity index (χ2n) is 3.50. The Balaban J connectivity index is 2.94. The zero-order chi connectivity index (χ0) is 12.7. The van der Waals surface area contributed by atoms with Crippen LogP contribution in [0.25, 0.3) is 11.0 Å². The second kappa shape index (κ2) is 3.74. The molecule has 0 unspecified atom stereocenters. The van der Waals surface area contributed by atoms with Gasteiger partial charge in [-0.05, 0) is 4.90 Å². The quantitative estimate of drug-likeness (QED) is 0.454. The third-order valence-electron chi connectivity index (χ3n) is 2.21. The van der Waals surface area contributed by atoms with Crippen molar-refractivity contribution in [1.29, 1.82) is 0 Å². The molecule has 8 nitrogen and oxygen atoms in total. The molecule has 0 N–H and O–H groups in total. The lowest BCUT2D eigenvalue weighted by Crippen LogP contribution is -2.23. The number of aromatic nitrogens is 2. The molecule has 0 atom stereocenters. The SMILES string of the molecule is CN(C)c1c([N+](=O)[O-])c(Cl)cc2c1no[n+]2[O-]. The smallest absolute Gasteiger partial charge is 0.315 e. The minimum Gasteiger partial charge on any atom is -0.368 e. The van der Waals surface area contributed by atoms with E-state index >= 15 is 0 Å². The molecule has 0 spiro atoms. The maximum atomic E-state index is 11.2. The molecule has 2 rings (SSSR count). The van der Waals surface area contributed by atoms with E-state index < -0.39 is 4.92 Å². The molecule has 1 aromatic carbocycles. The number of nitro benzene ring substituents is 1. The van der Waals surface area contributed by atoms with Crippen LogP contribution in [0.5, 0.6) is 0 Å². The zero-order valence-electron chi connectivity index (χ0n) is 8.88. The van der Waals surface area contributed by atoms with Crippen LogP contribution in [-0.2, 0) is 0 Å². The third kappa shape index (κ3) is 1.62. The van der Waals surface area contributed by atoms with Gasteiger partial charge in [0.2, 0.25) is 5.52 Å². The lowest BCUT2D eigenvalue weighted by Gasteiger charge is -2.11. The number of rotatable bonds is 2. The van der Waals surface area contributed by atoms with Gasteiger partial charge < -0.3 is 10.1 Å². The molecule has 0 saturated heterocycles. The van der Waals surface area contributed by atoms with Crippen LogP contribution in [0.3, 0.4) is 0 Å². The molecule has 0 radical (unpaired) electrons. The van der Waals surface area contributed by atoms with Crippen molar-refractivity contribution >= 4 is 34.0 Å². The Morgan fingerprint density at radius 1 is 1.59 bits per heavy atom. The molecule has 9 heteroatoms. The van der Waals surface area contributed by atoms with Gasteiger partial charge in [-0.2, -0.15) is 0 Å². The number of halogens is 1. The number of nitro groups is 1. The summed E-state index contributed by atoms with van der Waals surface area (Å²) in [5.41, 5.74) is -0.0284. The molecule has 2 aromatic rings. The number of benzene rings is 1. The average molecular weight is 259 g/mol. The van der Waals surface area contributed by atoms with Gasteiger partial charge in [-0.1, -0.05) is 11.6 Å². The fraction of sp³-hybridized carbons (Fsp3) is 0.250. The first-order chi connectivity index (χ1) is 7.93. The summed E-state index contributed by atoms with van der Waals surface area (Å²) < 4.78 is 4.40. The summed E-state index contributed by atoms with van der Waals surface area (Å²) in [5, 5.41) is 25.5. The predicted molar refractivity (Wildman–Crippen MR) is 59.0 cm³/mol. The summed E-state index contributed by atoms with van der Waals surface area (Å²) in [6, 6.07) is 1.16. The van der Waals surface area contributed by atoms with Crippen molar-refractivity contribution in [2.45, 2.75) is 0 Å². The van der Waals surface area contributed by atoms with Crippen LogP contribution in [0.1, 0.15) is 0 Å². The van der Waals surface area contributed by atoms with E-state index in [-0.39, 0.29) is 32.3 Å². The van der Waals surface area contributed by atoms with E-state index in [9.17, 15) is 15.3 Å². The number of hydrogen-bond acceptors (Lipinski definition) is 6. The highest BCUT2D eigenvalue weighted by molar-refractivity contribution is 6.34. The van der Waals surface area contributed by atoms with Gasteiger partial charge in [0, 0.05) is 25.3 Å². The first-order valence-corrected chi connectivity index (χ1v) is 4.85. The average Bonchev–Trinajstić information content (AvgIpc) is 2.57. The fourth-order valence-corrected chi connectivity index (χ4v) is 1.81. The molecule has 1 aromatic heterocycles. The molecule has 0 saturated carbocycles. The summed E-state index contributed by atoms with van der Waals surface area (Å²) in [7, 11) is 3.17. The van der Waals surface area contributed by atoms with Crippen molar-refractivity contribution in [3.8, 4) is 0 Å². The Morgan fingerprint density at radius 2 is 2.24 bits per heavy atom. The molecule has 90 valence electrons. The van der Waals surface area contributed by atoms with Crippen molar-refractivity contribution in [3.63, 3.8) is 0 Å². The Labute approximate surface area is 99.7 Å². The molecule has 0 aliphatic heterocycles. The van der Waals surface area contributed by atoms with Crippen LogP contribution in [0.2, 0.25) is 5.02 Å². The van der Waals surface area contributed by atoms with Crippen molar-refractivity contribution in [2.75, 3.05) is 19.0 Å². The van der Waals surface area contributed by atoms with E-state index in [0.29, 0.717) is 0 Å². The maximum absolute atomic E-state index is 11.2. The first-order valence-electron chi connectivity index (χ1n) is 4.47. The summed E-state index contributed by atoms with van der Waals surface area (Å²) >= 11 is 5.79. The molecule has 0 amide bonds. The second-order valence-corrected chi connectivity index (χ2v) is 3.91. The third-order valence-corrected chi connectivity index (χ3v) is 2.50. The highest BCUT2D eigenvalue weighted by atomic mass is 35.5. The monoisotopic (exact) mass is 258 g/mol. The van der Waals surface area contributed by atoms with Crippen molar-refractivity contribution in [1.82, 2.24) is 5.16 Å². The van der Waals surface area contributed by atoms with Crippen molar-refractivity contribution < 1.29 is 14.5 Å². The van der Waals surface area contributed by atoms with Crippen LogP contribution in [0.15, 0.2) is 10.7 Å². The van der Waals surface area contributed by atoms with Gasteiger partial charge in [-0.25, -0.2) is 0 Å². The molecule has 0 fully saturated rings. The van der Waals surface area contributed by atoms with Crippen LogP contribution in [0.4, 0.5) is 11.4 Å². The van der Waals surface area contributed by atoms with Gasteiger partial charge in [0.15, 0.2) is 5.69 Å². The van der Waals surface area contributed by atoms with Gasteiger partial charge in [0.05, 0.1) is 4.92 Å². The van der Waals surface area contributed by atoms with Gasteiger partial charge in [0.1, 0.15) is 5.02 Å². The normalized spacial score (nSPS) is 10.8. The Kier molecular flexibility index (Phi) is 2.50. The van der Waals surface area contributed by atoms with Crippen LogP contribution >= 0.6 is 11.6 Å². The summed E-state index contributed by atoms with van der Waals surface area (Å²) in [5.74, 6) is 0. The molecule has 0 aliphatic rings. The topological polar surface area (TPSA) is 99.3 Å². The van der Waals surface area contributed by atoms with Gasteiger partial charge in [0.25, 0.3) is 5.52 Å². The number of hydrogen-bond donors (Lipinski definition) is 0. The highest BCUT2D eigenvalue weighted by Crippen LogP contribution is 2.39. The number of fused-ring (bicyclic) bond motifs is 1. The summed E-state index contributed by atoms with van der Waals surface area (Å²) in [6.07, 6.45) is 0. The minimum absolute atomic E-state index is 0.0456. The lowest BCUT2D eigenvalue weighted by atomic mass is 10.2. The fourth-order valence-electron chi connectivity index (χ4n) is 1.55. The van der Waals surface area contributed by atoms with Crippen LogP contribution in [0, 0.1) is 15.3 Å². The molecule has 17 heavy (non-hydrogen) atoms. The number of nitrogens with zero attached hydrogens (tertiary/aromatic N) is 4. The van der Waals surface area contributed by atoms with Crippen molar-refractivity contribution in [3.05, 3.63) is 26.4 Å². The van der Waals surface area contributed by atoms with E-state index in [1.165, 1.54) is 4.90 Å². The van der Waals surface area contributed by atoms with E-state index in [1.54, 1.807) is 14.1 Å². The van der Waals surface area contributed by atoms with E-state index in [2.05, 4.69) is 9.79 Å². The van der Waals surface area contributed by atoms with E-state index in [4.69, 9.17) is 11.6 Å². The number of anilines is 1. The summed E-state index contributed by atoms with van der Waals surface area (Å²) in [6.45, 7) is 0. The summed E-state index contributed by atoms with van der Waals surface area (Å²) in [4.78, 5) is 11.9. The van der Waals surface area contributed by atoms with Crippen molar-refractivity contribution in [2.24, 2.45) is 0 Å². The molecule has 0 bridgehead atoms. The van der Waals surface area contributed by atoms with Gasteiger partial charge in [-0.3, -0.25) is 14.7 Å². The largest absolute Gasteiger partial charge is 0.368 e. The van der Waals surface area contributed by atoms with Crippen LogP contribution < -0.4 is 9.80 Å². The molecular formula is C8H7ClN4O4. The predicted octanol–water partition coefficient (Wildman–Crippen LogP) is 1.09. The zero-order valence-corrected chi connectivity index (χ0v) is 9.63. The first kappa shape index (κ1) is 11.4. The molecular weight excluding hydrogens is 252 g/mol.